The van der Waals surface area contributed by atoms with Crippen molar-refractivity contribution in [3.8, 4) is 11.5 Å². The summed E-state index contributed by atoms with van der Waals surface area (Å²) in [6.45, 7) is 4.44. The average Bonchev–Trinajstić information content (AvgIpc) is 2.18. The van der Waals surface area contributed by atoms with Crippen LogP contribution >= 0.6 is 0 Å². The highest BCUT2D eigenvalue weighted by molar-refractivity contribution is 5.39. The lowest BCUT2D eigenvalue weighted by Gasteiger charge is -2.18. The first kappa shape index (κ1) is 12.8. The van der Waals surface area contributed by atoms with Crippen LogP contribution in [0.2, 0.25) is 0 Å². The van der Waals surface area contributed by atoms with E-state index in [0.717, 1.165) is 5.56 Å². The van der Waals surface area contributed by atoms with Crippen LogP contribution in [0.5, 0.6) is 11.5 Å². The van der Waals surface area contributed by atoms with Crippen LogP contribution < -0.4 is 10.1 Å². The fourth-order valence-electron chi connectivity index (χ4n) is 1.32. The lowest BCUT2D eigenvalue weighted by atomic mass is 10.1. The maximum absolute atomic E-state index is 9.67. The summed E-state index contributed by atoms with van der Waals surface area (Å²) in [6, 6.07) is 5.16. The number of methoxy groups -OCH3 is 1. The molecule has 4 nitrogen and oxygen atoms in total. The molecule has 0 bridgehead atoms. The van der Waals surface area contributed by atoms with Crippen molar-refractivity contribution in [1.82, 2.24) is 5.32 Å². The second-order valence-electron chi connectivity index (χ2n) is 4.41. The maximum Gasteiger partial charge on any atom is 0.123 e. The second-order valence-corrected chi connectivity index (χ2v) is 4.41. The average molecular weight is 225 g/mol. The van der Waals surface area contributed by atoms with Crippen LogP contribution in [0.1, 0.15) is 19.4 Å². The summed E-state index contributed by atoms with van der Waals surface area (Å²) in [5.41, 5.74) is 0.0345. The molecule has 1 rings (SSSR count). The van der Waals surface area contributed by atoms with Gasteiger partial charge in [0.25, 0.3) is 0 Å². The SMILES string of the molecule is COc1ccc(CNCC(C)(C)O)c(O)c1. The number of phenolic OH excluding ortho intramolecular Hbond substituents is 1. The Kier molecular flexibility index (Phi) is 4.15. The topological polar surface area (TPSA) is 61.7 Å². The quantitative estimate of drug-likeness (QED) is 0.706. The normalized spacial score (nSPS) is 11.5. The molecular formula is C12H19NO3. The Hall–Kier alpha value is -1.26. The summed E-state index contributed by atoms with van der Waals surface area (Å²) in [7, 11) is 1.56. The predicted molar refractivity (Wildman–Crippen MR) is 62.7 cm³/mol. The molecule has 0 saturated heterocycles. The van der Waals surface area contributed by atoms with Crippen molar-refractivity contribution in [1.29, 1.82) is 0 Å². The summed E-state index contributed by atoms with van der Waals surface area (Å²) in [5.74, 6) is 0.825. The zero-order valence-corrected chi connectivity index (χ0v) is 9.95. The van der Waals surface area contributed by atoms with Crippen molar-refractivity contribution in [2.75, 3.05) is 13.7 Å². The van der Waals surface area contributed by atoms with Gasteiger partial charge in [-0.1, -0.05) is 6.07 Å². The summed E-state index contributed by atoms with van der Waals surface area (Å²) in [5, 5.41) is 22.2. The summed E-state index contributed by atoms with van der Waals surface area (Å²) in [6.07, 6.45) is 0. The third-order valence-electron chi connectivity index (χ3n) is 2.17. The number of hydrogen-bond acceptors (Lipinski definition) is 4. The number of benzene rings is 1. The van der Waals surface area contributed by atoms with Crippen molar-refractivity contribution in [2.45, 2.75) is 26.0 Å². The number of rotatable bonds is 5. The van der Waals surface area contributed by atoms with E-state index >= 15 is 0 Å². The molecule has 1 aromatic rings. The van der Waals surface area contributed by atoms with E-state index in [1.807, 2.05) is 0 Å². The largest absolute Gasteiger partial charge is 0.507 e. The molecule has 0 amide bonds. The molecule has 3 N–H and O–H groups in total. The van der Waals surface area contributed by atoms with E-state index in [0.29, 0.717) is 18.8 Å². The molecular weight excluding hydrogens is 206 g/mol. The predicted octanol–water partition coefficient (Wildman–Crippen LogP) is 1.26. The van der Waals surface area contributed by atoms with E-state index in [4.69, 9.17) is 4.74 Å². The monoisotopic (exact) mass is 225 g/mol. The highest BCUT2D eigenvalue weighted by Gasteiger charge is 2.11. The van der Waals surface area contributed by atoms with Gasteiger partial charge in [0, 0.05) is 24.7 Å². The highest BCUT2D eigenvalue weighted by Crippen LogP contribution is 2.23. The molecule has 0 spiro atoms. The van der Waals surface area contributed by atoms with Crippen LogP contribution in [0.3, 0.4) is 0 Å². The number of nitrogens with one attached hydrogen (secondary N) is 1. The molecule has 0 aromatic heterocycles. The third-order valence-corrected chi connectivity index (χ3v) is 2.17. The van der Waals surface area contributed by atoms with Gasteiger partial charge in [-0.05, 0) is 19.9 Å². The standard InChI is InChI=1S/C12H19NO3/c1-12(2,15)8-13-7-9-4-5-10(16-3)6-11(9)14/h4-6,13-15H,7-8H2,1-3H3. The molecule has 16 heavy (non-hydrogen) atoms. The summed E-state index contributed by atoms with van der Waals surface area (Å²) < 4.78 is 4.99. The van der Waals surface area contributed by atoms with Crippen LogP contribution in [0.4, 0.5) is 0 Å². The van der Waals surface area contributed by atoms with E-state index in [2.05, 4.69) is 5.32 Å². The second kappa shape index (κ2) is 5.18. The van der Waals surface area contributed by atoms with Gasteiger partial charge in [0.2, 0.25) is 0 Å². The van der Waals surface area contributed by atoms with Gasteiger partial charge in [-0.3, -0.25) is 0 Å². The molecule has 0 aliphatic carbocycles. The van der Waals surface area contributed by atoms with Gasteiger partial charge in [-0.25, -0.2) is 0 Å². The van der Waals surface area contributed by atoms with Crippen molar-refractivity contribution in [3.05, 3.63) is 23.8 Å². The van der Waals surface area contributed by atoms with Crippen molar-refractivity contribution >= 4 is 0 Å². The Morgan fingerprint density at radius 2 is 2.06 bits per heavy atom. The van der Waals surface area contributed by atoms with E-state index in [1.165, 1.54) is 0 Å². The Labute approximate surface area is 95.9 Å². The Bertz CT molecular complexity index is 345. The highest BCUT2D eigenvalue weighted by atomic mass is 16.5. The number of hydrogen-bond donors (Lipinski definition) is 3. The van der Waals surface area contributed by atoms with Crippen LogP contribution in [-0.2, 0) is 6.54 Å². The first-order valence-electron chi connectivity index (χ1n) is 5.21. The molecule has 4 heteroatoms. The number of phenols is 1. The number of ether oxygens (including phenoxy) is 1. The fourth-order valence-corrected chi connectivity index (χ4v) is 1.32. The van der Waals surface area contributed by atoms with Crippen LogP contribution in [0, 0.1) is 0 Å². The van der Waals surface area contributed by atoms with Gasteiger partial charge in [0.05, 0.1) is 12.7 Å². The molecule has 0 aliphatic heterocycles. The smallest absolute Gasteiger partial charge is 0.123 e. The van der Waals surface area contributed by atoms with Crippen LogP contribution in [0.25, 0.3) is 0 Å². The van der Waals surface area contributed by atoms with Gasteiger partial charge >= 0.3 is 0 Å². The molecule has 0 saturated carbocycles. The molecule has 0 atom stereocenters. The first-order valence-corrected chi connectivity index (χ1v) is 5.21. The van der Waals surface area contributed by atoms with E-state index in [1.54, 1.807) is 39.2 Å². The maximum atomic E-state index is 9.67. The molecule has 90 valence electrons. The molecule has 1 aromatic carbocycles. The van der Waals surface area contributed by atoms with Gasteiger partial charge in [-0.2, -0.15) is 0 Å². The van der Waals surface area contributed by atoms with Gasteiger partial charge in [0.15, 0.2) is 0 Å². The minimum absolute atomic E-state index is 0.197. The van der Waals surface area contributed by atoms with E-state index in [-0.39, 0.29) is 5.75 Å². The fraction of sp³-hybridized carbons (Fsp3) is 0.500. The van der Waals surface area contributed by atoms with Crippen molar-refractivity contribution in [2.24, 2.45) is 0 Å². The molecule has 0 radical (unpaired) electrons. The molecule has 0 fully saturated rings. The van der Waals surface area contributed by atoms with Gasteiger partial charge in [0.1, 0.15) is 11.5 Å². The lowest BCUT2D eigenvalue weighted by Crippen LogP contribution is -2.34. The molecule has 0 unspecified atom stereocenters. The third kappa shape index (κ3) is 4.08. The first-order chi connectivity index (χ1) is 7.42. The minimum atomic E-state index is -0.748. The molecule has 0 aliphatic rings. The van der Waals surface area contributed by atoms with Crippen molar-refractivity contribution in [3.63, 3.8) is 0 Å². The van der Waals surface area contributed by atoms with Gasteiger partial charge in [-0.15, -0.1) is 0 Å². The summed E-state index contributed by atoms with van der Waals surface area (Å²) in [4.78, 5) is 0. The van der Waals surface area contributed by atoms with E-state index in [9.17, 15) is 10.2 Å². The Morgan fingerprint density at radius 3 is 2.56 bits per heavy atom. The number of aromatic hydroxyl groups is 1. The lowest BCUT2D eigenvalue weighted by molar-refractivity contribution is 0.0794. The summed E-state index contributed by atoms with van der Waals surface area (Å²) >= 11 is 0. The van der Waals surface area contributed by atoms with Crippen LogP contribution in [-0.4, -0.2) is 29.5 Å². The van der Waals surface area contributed by atoms with Crippen LogP contribution in [0.15, 0.2) is 18.2 Å². The zero-order valence-electron chi connectivity index (χ0n) is 9.95. The Morgan fingerprint density at radius 1 is 1.38 bits per heavy atom. The molecule has 0 heterocycles. The van der Waals surface area contributed by atoms with Crippen molar-refractivity contribution < 1.29 is 14.9 Å². The zero-order chi connectivity index (χ0) is 12.2. The number of aliphatic hydroxyl groups is 1. The Balaban J connectivity index is 2.55. The van der Waals surface area contributed by atoms with E-state index < -0.39 is 5.60 Å². The van der Waals surface area contributed by atoms with Gasteiger partial charge < -0.3 is 20.3 Å². The minimum Gasteiger partial charge on any atom is -0.507 e.